The van der Waals surface area contributed by atoms with Gasteiger partial charge in [-0.1, -0.05) is 19.3 Å². The van der Waals surface area contributed by atoms with Crippen molar-refractivity contribution in [3.8, 4) is 0 Å². The van der Waals surface area contributed by atoms with Crippen LogP contribution in [0.25, 0.3) is 0 Å². The van der Waals surface area contributed by atoms with Crippen LogP contribution in [0.5, 0.6) is 0 Å². The van der Waals surface area contributed by atoms with Crippen LogP contribution in [0.15, 0.2) is 4.99 Å². The number of carbonyl (C=O) groups is 1. The summed E-state index contributed by atoms with van der Waals surface area (Å²) in [5.74, 6) is 2.92. The highest BCUT2D eigenvalue weighted by atomic mass is 127. The fraction of sp³-hybridized carbons (Fsp3) is 0.895. The zero-order valence-electron chi connectivity index (χ0n) is 17.8. The zero-order chi connectivity index (χ0) is 20.7. The molecule has 0 radical (unpaired) electrons. The lowest BCUT2D eigenvalue weighted by molar-refractivity contribution is -0.135. The average molecular weight is 574 g/mol. The third kappa shape index (κ3) is 7.40. The lowest BCUT2D eigenvalue weighted by atomic mass is 9.88. The van der Waals surface area contributed by atoms with E-state index in [1.165, 1.54) is 19.3 Å². The van der Waals surface area contributed by atoms with Crippen LogP contribution in [0.1, 0.15) is 38.5 Å². The summed E-state index contributed by atoms with van der Waals surface area (Å²) in [6.07, 6.45) is 6.54. The third-order valence-electron chi connectivity index (χ3n) is 6.03. The summed E-state index contributed by atoms with van der Waals surface area (Å²) in [4.78, 5) is 18.9. The molecule has 0 bridgehead atoms. The summed E-state index contributed by atoms with van der Waals surface area (Å²) in [6.45, 7) is 3.01. The number of hydrogen-bond donors (Lipinski definition) is 2. The molecule has 1 unspecified atom stereocenters. The second kappa shape index (κ2) is 12.7. The van der Waals surface area contributed by atoms with Crippen molar-refractivity contribution < 1.29 is 13.2 Å². The monoisotopic (exact) mass is 573 g/mol. The molecule has 8 nitrogen and oxygen atoms in total. The molecule has 3 fully saturated rings. The lowest BCUT2D eigenvalue weighted by Crippen LogP contribution is -2.47. The first-order valence-corrected chi connectivity index (χ1v) is 13.6. The number of carbonyl (C=O) groups excluding carboxylic acids is 1. The van der Waals surface area contributed by atoms with E-state index in [1.54, 1.807) is 23.1 Å². The van der Waals surface area contributed by atoms with Crippen molar-refractivity contribution in [2.24, 2.45) is 10.9 Å². The first kappa shape index (κ1) is 26.0. The van der Waals surface area contributed by atoms with Gasteiger partial charge in [0, 0.05) is 63.2 Å². The molecule has 0 aromatic heterocycles. The fourth-order valence-electron chi connectivity index (χ4n) is 4.33. The highest BCUT2D eigenvalue weighted by Crippen LogP contribution is 2.26. The number of aliphatic imine (C=N–C) groups is 1. The normalized spacial score (nSPS) is 24.4. The first-order chi connectivity index (χ1) is 14.0. The molecule has 2 saturated heterocycles. The Kier molecular flexibility index (Phi) is 11.0. The molecule has 174 valence electrons. The van der Waals surface area contributed by atoms with Gasteiger partial charge in [-0.2, -0.15) is 11.8 Å². The topological polar surface area (TPSA) is 94.1 Å². The number of hydrogen-bond acceptors (Lipinski definition) is 5. The van der Waals surface area contributed by atoms with Crippen LogP contribution in [-0.2, 0) is 14.8 Å². The van der Waals surface area contributed by atoms with Crippen molar-refractivity contribution in [2.75, 3.05) is 57.0 Å². The Balaban J connectivity index is 0.00000320. The summed E-state index contributed by atoms with van der Waals surface area (Å²) < 4.78 is 26.5. The lowest BCUT2D eigenvalue weighted by Gasteiger charge is -2.26. The Morgan fingerprint density at radius 1 is 1.10 bits per heavy atom. The zero-order valence-corrected chi connectivity index (χ0v) is 21.8. The summed E-state index contributed by atoms with van der Waals surface area (Å²) >= 11 is 1.80. The SMILES string of the molecule is CN=C(NCCS(=O)(=O)N1CCSCC1)NC1CCN(C(=O)C2CCCCC2)C1.I. The second-order valence-electron chi connectivity index (χ2n) is 8.08. The number of nitrogens with one attached hydrogen (secondary N) is 2. The summed E-state index contributed by atoms with van der Waals surface area (Å²) in [5, 5.41) is 6.48. The van der Waals surface area contributed by atoms with Crippen molar-refractivity contribution in [1.82, 2.24) is 19.8 Å². The average Bonchev–Trinajstić information content (AvgIpc) is 3.22. The molecular weight excluding hydrogens is 537 g/mol. The molecule has 0 spiro atoms. The number of amides is 1. The molecule has 1 atom stereocenters. The largest absolute Gasteiger partial charge is 0.355 e. The Labute approximate surface area is 202 Å². The minimum atomic E-state index is -3.23. The molecule has 3 rings (SSSR count). The fourth-order valence-corrected chi connectivity index (χ4v) is 6.82. The Morgan fingerprint density at radius 2 is 1.80 bits per heavy atom. The maximum Gasteiger partial charge on any atom is 0.225 e. The molecule has 2 N–H and O–H groups in total. The molecular formula is C19H36IN5O3S2. The standard InChI is InChI=1S/C19H35N5O3S2.HI/c1-20-19(21-8-14-29(26,27)24-10-12-28-13-11-24)22-17-7-9-23(15-17)18(25)16-5-3-2-4-6-16;/h16-17H,2-15H2,1H3,(H2,20,21,22);1H. The van der Waals surface area contributed by atoms with E-state index in [0.29, 0.717) is 38.0 Å². The van der Waals surface area contributed by atoms with Gasteiger partial charge in [0.15, 0.2) is 5.96 Å². The number of halogens is 1. The Hall–Kier alpha value is -0.270. The van der Waals surface area contributed by atoms with Crippen LogP contribution in [0.3, 0.4) is 0 Å². The molecule has 3 aliphatic rings. The van der Waals surface area contributed by atoms with Crippen LogP contribution < -0.4 is 10.6 Å². The molecule has 30 heavy (non-hydrogen) atoms. The van der Waals surface area contributed by atoms with E-state index >= 15 is 0 Å². The predicted molar refractivity (Wildman–Crippen MR) is 134 cm³/mol. The molecule has 0 aromatic rings. The number of likely N-dealkylation sites (tertiary alicyclic amines) is 1. The molecule has 2 heterocycles. The minimum absolute atomic E-state index is 0. The van der Waals surface area contributed by atoms with Gasteiger partial charge in [0.2, 0.25) is 15.9 Å². The number of sulfonamides is 1. The maximum atomic E-state index is 12.7. The maximum absolute atomic E-state index is 12.7. The van der Waals surface area contributed by atoms with Gasteiger partial charge in [-0.3, -0.25) is 9.79 Å². The van der Waals surface area contributed by atoms with Crippen LogP contribution >= 0.6 is 35.7 Å². The Morgan fingerprint density at radius 3 is 2.47 bits per heavy atom. The summed E-state index contributed by atoms with van der Waals surface area (Å²) in [7, 11) is -1.54. The van der Waals surface area contributed by atoms with E-state index in [2.05, 4.69) is 15.6 Å². The Bertz CT molecular complexity index is 680. The molecule has 11 heteroatoms. The molecule has 2 aliphatic heterocycles. The van der Waals surface area contributed by atoms with E-state index in [1.807, 2.05) is 4.90 Å². The van der Waals surface area contributed by atoms with Crippen molar-refractivity contribution in [3.63, 3.8) is 0 Å². The van der Waals surface area contributed by atoms with E-state index < -0.39 is 10.0 Å². The smallest absolute Gasteiger partial charge is 0.225 e. The number of rotatable bonds is 6. The second-order valence-corrected chi connectivity index (χ2v) is 11.4. The molecule has 1 amide bonds. The molecule has 0 aromatic carbocycles. The van der Waals surface area contributed by atoms with Gasteiger partial charge >= 0.3 is 0 Å². The minimum Gasteiger partial charge on any atom is -0.355 e. The summed E-state index contributed by atoms with van der Waals surface area (Å²) in [5.41, 5.74) is 0. The van der Waals surface area contributed by atoms with Gasteiger partial charge in [0.25, 0.3) is 0 Å². The number of nitrogens with zero attached hydrogens (tertiary/aromatic N) is 3. The van der Waals surface area contributed by atoms with Crippen LogP contribution in [-0.4, -0.2) is 92.6 Å². The van der Waals surface area contributed by atoms with E-state index in [4.69, 9.17) is 0 Å². The predicted octanol–water partition coefficient (Wildman–Crippen LogP) is 1.33. The van der Waals surface area contributed by atoms with Crippen LogP contribution in [0, 0.1) is 5.92 Å². The quantitative estimate of drug-likeness (QED) is 0.283. The van der Waals surface area contributed by atoms with Gasteiger partial charge < -0.3 is 15.5 Å². The van der Waals surface area contributed by atoms with E-state index in [-0.39, 0.29) is 41.7 Å². The summed E-state index contributed by atoms with van der Waals surface area (Å²) in [6, 6.07) is 0.157. The number of thioether (sulfide) groups is 1. The molecule has 1 aliphatic carbocycles. The van der Waals surface area contributed by atoms with Gasteiger partial charge in [0.05, 0.1) is 5.75 Å². The highest BCUT2D eigenvalue weighted by Gasteiger charge is 2.32. The van der Waals surface area contributed by atoms with Crippen molar-refractivity contribution in [3.05, 3.63) is 0 Å². The third-order valence-corrected chi connectivity index (χ3v) is 8.85. The number of guanidine groups is 1. The van der Waals surface area contributed by atoms with E-state index in [9.17, 15) is 13.2 Å². The van der Waals surface area contributed by atoms with Crippen molar-refractivity contribution in [1.29, 1.82) is 0 Å². The van der Waals surface area contributed by atoms with Gasteiger partial charge in [-0.25, -0.2) is 12.7 Å². The van der Waals surface area contributed by atoms with Crippen molar-refractivity contribution >= 4 is 57.6 Å². The molecule has 1 saturated carbocycles. The van der Waals surface area contributed by atoms with Gasteiger partial charge in [-0.05, 0) is 19.3 Å². The first-order valence-electron chi connectivity index (χ1n) is 10.8. The van der Waals surface area contributed by atoms with E-state index in [0.717, 1.165) is 37.3 Å². The van der Waals surface area contributed by atoms with Gasteiger partial charge in [-0.15, -0.1) is 24.0 Å². The van der Waals surface area contributed by atoms with Crippen LogP contribution in [0.4, 0.5) is 0 Å². The van der Waals surface area contributed by atoms with Gasteiger partial charge in [0.1, 0.15) is 0 Å². The van der Waals surface area contributed by atoms with Crippen molar-refractivity contribution in [2.45, 2.75) is 44.6 Å². The highest BCUT2D eigenvalue weighted by molar-refractivity contribution is 14.0. The van der Waals surface area contributed by atoms with Crippen LogP contribution in [0.2, 0.25) is 0 Å².